The van der Waals surface area contributed by atoms with Gasteiger partial charge < -0.3 is 4.43 Å². The molecule has 0 fully saturated rings. The predicted molar refractivity (Wildman–Crippen MR) is 47.7 cm³/mol. The van der Waals surface area contributed by atoms with Gasteiger partial charge in [0.1, 0.15) is 5.60 Å². The summed E-state index contributed by atoms with van der Waals surface area (Å²) in [5, 5.41) is 2.33. The van der Waals surface area contributed by atoms with Crippen molar-refractivity contribution >= 4 is 20.6 Å². The Morgan fingerprint density at radius 1 is 1.40 bits per heavy atom. The summed E-state index contributed by atoms with van der Waals surface area (Å²) in [4.78, 5) is 0. The van der Waals surface area contributed by atoms with Crippen LogP contribution in [-0.4, -0.2) is 14.6 Å². The standard InChI is InChI=1S/C7H13ClOSi/c1-7(2,5-6-8)9-10(3)4/h10H,1-4H3. The van der Waals surface area contributed by atoms with E-state index in [1.807, 2.05) is 13.8 Å². The Labute approximate surface area is 69.4 Å². The van der Waals surface area contributed by atoms with Crippen molar-refractivity contribution in [1.82, 2.24) is 0 Å². The smallest absolute Gasteiger partial charge is 0.172 e. The third kappa shape index (κ3) is 4.86. The van der Waals surface area contributed by atoms with Crippen molar-refractivity contribution in [1.29, 1.82) is 0 Å². The summed E-state index contributed by atoms with van der Waals surface area (Å²) in [6.07, 6.45) is 0. The first-order chi connectivity index (χ1) is 4.48. The van der Waals surface area contributed by atoms with Crippen LogP contribution in [0.1, 0.15) is 13.8 Å². The first kappa shape index (κ1) is 10.0. The number of hydrogen-bond donors (Lipinski definition) is 0. The van der Waals surface area contributed by atoms with Crippen molar-refractivity contribution in [2.75, 3.05) is 0 Å². The monoisotopic (exact) mass is 176 g/mol. The van der Waals surface area contributed by atoms with E-state index in [-0.39, 0.29) is 5.60 Å². The van der Waals surface area contributed by atoms with E-state index < -0.39 is 9.04 Å². The van der Waals surface area contributed by atoms with Crippen molar-refractivity contribution < 1.29 is 4.43 Å². The lowest BCUT2D eigenvalue weighted by Crippen LogP contribution is -2.28. The van der Waals surface area contributed by atoms with Gasteiger partial charge in [-0.05, 0) is 38.5 Å². The predicted octanol–water partition coefficient (Wildman–Crippen LogP) is 1.96. The Morgan fingerprint density at radius 3 is 2.20 bits per heavy atom. The molecule has 10 heavy (non-hydrogen) atoms. The van der Waals surface area contributed by atoms with Gasteiger partial charge in [0, 0.05) is 5.38 Å². The van der Waals surface area contributed by atoms with Crippen LogP contribution in [0.15, 0.2) is 0 Å². The van der Waals surface area contributed by atoms with E-state index in [1.54, 1.807) is 0 Å². The van der Waals surface area contributed by atoms with Gasteiger partial charge in [-0.15, -0.1) is 0 Å². The minimum atomic E-state index is -0.988. The van der Waals surface area contributed by atoms with E-state index in [2.05, 4.69) is 24.4 Å². The summed E-state index contributed by atoms with van der Waals surface area (Å²) in [7, 11) is -0.988. The molecule has 0 bridgehead atoms. The molecule has 0 unspecified atom stereocenters. The molecule has 1 nitrogen and oxygen atoms in total. The molecule has 3 heteroatoms. The zero-order valence-corrected chi connectivity index (χ0v) is 8.77. The molecule has 0 amide bonds. The molecule has 0 spiro atoms. The van der Waals surface area contributed by atoms with Crippen molar-refractivity contribution in [3.63, 3.8) is 0 Å². The third-order valence-corrected chi connectivity index (χ3v) is 2.03. The van der Waals surface area contributed by atoms with Crippen LogP contribution in [0.5, 0.6) is 0 Å². The van der Waals surface area contributed by atoms with Crippen LogP contribution in [0.2, 0.25) is 13.1 Å². The van der Waals surface area contributed by atoms with Crippen LogP contribution in [0.25, 0.3) is 0 Å². The molecule has 0 rings (SSSR count). The minimum absolute atomic E-state index is 0.359. The van der Waals surface area contributed by atoms with Gasteiger partial charge in [-0.1, -0.05) is 5.92 Å². The largest absolute Gasteiger partial charge is 0.405 e. The lowest BCUT2D eigenvalue weighted by atomic mass is 10.2. The average molecular weight is 177 g/mol. The lowest BCUT2D eigenvalue weighted by molar-refractivity contribution is 0.175. The van der Waals surface area contributed by atoms with Gasteiger partial charge in [-0.3, -0.25) is 0 Å². The summed E-state index contributed by atoms with van der Waals surface area (Å²) in [6, 6.07) is 0. The quantitative estimate of drug-likeness (QED) is 0.462. The number of halogens is 1. The molecule has 0 aliphatic carbocycles. The van der Waals surface area contributed by atoms with E-state index >= 15 is 0 Å². The summed E-state index contributed by atoms with van der Waals surface area (Å²) in [5.41, 5.74) is -0.359. The Balaban J connectivity index is 3.95. The van der Waals surface area contributed by atoms with Gasteiger partial charge in [0.15, 0.2) is 9.04 Å². The summed E-state index contributed by atoms with van der Waals surface area (Å²) >= 11 is 5.24. The molecule has 0 atom stereocenters. The van der Waals surface area contributed by atoms with Crippen molar-refractivity contribution in [3.8, 4) is 11.3 Å². The second-order valence-corrected chi connectivity index (χ2v) is 5.42. The maximum atomic E-state index is 5.56. The van der Waals surface area contributed by atoms with Crippen LogP contribution < -0.4 is 0 Å². The van der Waals surface area contributed by atoms with Gasteiger partial charge in [0.2, 0.25) is 0 Å². The molecule has 0 N–H and O–H groups in total. The van der Waals surface area contributed by atoms with Gasteiger partial charge in [0.05, 0.1) is 0 Å². The van der Waals surface area contributed by atoms with Crippen LogP contribution in [0, 0.1) is 11.3 Å². The van der Waals surface area contributed by atoms with E-state index in [9.17, 15) is 0 Å². The fraction of sp³-hybridized carbons (Fsp3) is 0.714. The molecule has 0 aromatic rings. The Hall–Kier alpha value is 0.0269. The molecule has 0 aliphatic rings. The molecule has 0 aliphatic heterocycles. The fourth-order valence-corrected chi connectivity index (χ4v) is 2.20. The zero-order valence-electron chi connectivity index (χ0n) is 6.86. The van der Waals surface area contributed by atoms with Crippen LogP contribution >= 0.6 is 11.6 Å². The van der Waals surface area contributed by atoms with Crippen molar-refractivity contribution in [2.45, 2.75) is 32.5 Å². The van der Waals surface area contributed by atoms with E-state index in [0.29, 0.717) is 0 Å². The first-order valence-electron chi connectivity index (χ1n) is 3.28. The van der Waals surface area contributed by atoms with Crippen LogP contribution in [0.3, 0.4) is 0 Å². The Morgan fingerprint density at radius 2 is 1.90 bits per heavy atom. The molecule has 0 aromatic carbocycles. The topological polar surface area (TPSA) is 9.23 Å². The van der Waals surface area contributed by atoms with Gasteiger partial charge in [0.25, 0.3) is 0 Å². The Bertz CT molecular complexity index is 155. The average Bonchev–Trinajstić information content (AvgIpc) is 1.59. The van der Waals surface area contributed by atoms with E-state index in [0.717, 1.165) is 0 Å². The van der Waals surface area contributed by atoms with Crippen molar-refractivity contribution in [3.05, 3.63) is 0 Å². The summed E-state index contributed by atoms with van der Waals surface area (Å²) in [5.74, 6) is 2.78. The number of rotatable bonds is 2. The van der Waals surface area contributed by atoms with Gasteiger partial charge in [-0.2, -0.15) is 0 Å². The summed E-state index contributed by atoms with van der Waals surface area (Å²) in [6.45, 7) is 8.07. The highest BCUT2D eigenvalue weighted by atomic mass is 35.5. The molecule has 58 valence electrons. The fourth-order valence-electron chi connectivity index (χ4n) is 0.732. The molecule has 0 aromatic heterocycles. The second-order valence-electron chi connectivity index (χ2n) is 2.90. The maximum Gasteiger partial charge on any atom is 0.172 e. The minimum Gasteiger partial charge on any atom is -0.405 e. The third-order valence-electron chi connectivity index (χ3n) is 0.879. The molecule has 0 heterocycles. The SMILES string of the molecule is C[SiH](C)OC(C)(C)C#CCl. The Kier molecular flexibility index (Phi) is 4.03. The van der Waals surface area contributed by atoms with Gasteiger partial charge >= 0.3 is 0 Å². The molecular formula is C7H13ClOSi. The van der Waals surface area contributed by atoms with E-state index in [4.69, 9.17) is 16.0 Å². The highest BCUT2D eigenvalue weighted by Crippen LogP contribution is 2.08. The molecule has 0 radical (unpaired) electrons. The maximum absolute atomic E-state index is 5.56. The first-order valence-corrected chi connectivity index (χ1v) is 6.44. The summed E-state index contributed by atoms with van der Waals surface area (Å²) < 4.78 is 5.56. The van der Waals surface area contributed by atoms with Crippen LogP contribution in [-0.2, 0) is 4.43 Å². The highest BCUT2D eigenvalue weighted by molar-refractivity contribution is 6.48. The highest BCUT2D eigenvalue weighted by Gasteiger charge is 2.15. The van der Waals surface area contributed by atoms with Crippen LogP contribution in [0.4, 0.5) is 0 Å². The lowest BCUT2D eigenvalue weighted by Gasteiger charge is -2.21. The van der Waals surface area contributed by atoms with Gasteiger partial charge in [-0.25, -0.2) is 0 Å². The second kappa shape index (κ2) is 4.02. The molecule has 0 saturated heterocycles. The van der Waals surface area contributed by atoms with E-state index in [1.165, 1.54) is 0 Å². The zero-order chi connectivity index (χ0) is 8.20. The van der Waals surface area contributed by atoms with Crippen molar-refractivity contribution in [2.24, 2.45) is 0 Å². The normalized spacial score (nSPS) is 11.0. The molecular weight excluding hydrogens is 164 g/mol. The number of hydrogen-bond acceptors (Lipinski definition) is 1. The molecule has 0 saturated carbocycles.